The van der Waals surface area contributed by atoms with Crippen LogP contribution in [0.4, 0.5) is 18.0 Å². The molecule has 0 radical (unpaired) electrons. The molecule has 2 N–H and O–H groups in total. The highest BCUT2D eigenvalue weighted by Gasteiger charge is 2.57. The van der Waals surface area contributed by atoms with Crippen LogP contribution in [0.5, 0.6) is 5.75 Å². The molecule has 1 aromatic carbocycles. The minimum absolute atomic E-state index is 0.184. The van der Waals surface area contributed by atoms with E-state index in [-0.39, 0.29) is 12.2 Å². The maximum Gasteiger partial charge on any atom is 0.419 e. The van der Waals surface area contributed by atoms with Crippen molar-refractivity contribution >= 4 is 17.8 Å². The Balaban J connectivity index is 2.19. The number of benzene rings is 1. The maximum atomic E-state index is 13.0. The van der Waals surface area contributed by atoms with Gasteiger partial charge in [-0.3, -0.25) is 14.5 Å². The van der Waals surface area contributed by atoms with Gasteiger partial charge in [-0.2, -0.15) is 13.2 Å². The van der Waals surface area contributed by atoms with Gasteiger partial charge in [0.2, 0.25) is 5.91 Å². The smallest absolute Gasteiger partial charge is 0.419 e. The number of nitrogens with zero attached hydrogens (tertiary/aromatic N) is 1. The summed E-state index contributed by atoms with van der Waals surface area (Å²) < 4.78 is 49.9. The average molecular weight is 460 g/mol. The maximum absolute atomic E-state index is 13.0. The first-order valence-electron chi connectivity index (χ1n) is 9.77. The molecule has 0 aliphatic carbocycles. The fourth-order valence-electron chi connectivity index (χ4n) is 3.33. The van der Waals surface area contributed by atoms with Crippen LogP contribution in [0.2, 0.25) is 0 Å². The predicted molar refractivity (Wildman–Crippen MR) is 107 cm³/mol. The Kier molecular flexibility index (Phi) is 6.57. The summed E-state index contributed by atoms with van der Waals surface area (Å²) in [7, 11) is 0. The van der Waals surface area contributed by atoms with E-state index in [1.54, 1.807) is 34.6 Å². The number of halogens is 3. The fourth-order valence-corrected chi connectivity index (χ4v) is 3.33. The summed E-state index contributed by atoms with van der Waals surface area (Å²) in [6, 6.07) is 2.30. The molecule has 1 saturated heterocycles. The van der Waals surface area contributed by atoms with Crippen molar-refractivity contribution < 1.29 is 42.1 Å². The lowest BCUT2D eigenvalue weighted by Crippen LogP contribution is -2.62. The normalized spacial score (nSPS) is 20.7. The summed E-state index contributed by atoms with van der Waals surface area (Å²) >= 11 is 0. The van der Waals surface area contributed by atoms with E-state index in [0.29, 0.717) is 6.07 Å². The Morgan fingerprint density at radius 2 is 1.78 bits per heavy atom. The van der Waals surface area contributed by atoms with Gasteiger partial charge in [-0.1, -0.05) is 0 Å². The van der Waals surface area contributed by atoms with Gasteiger partial charge in [-0.15, -0.1) is 0 Å². The Morgan fingerprint density at radius 1 is 1.19 bits per heavy atom. The van der Waals surface area contributed by atoms with Crippen LogP contribution in [0.3, 0.4) is 0 Å². The number of Topliss-reactive ketones (excluding diaryl/α,β-unsaturated/α-hetero) is 1. The SMILES string of the molecule is CC(C)(C)OC(=O)N1C(C)(C)OC[C@@]1(C)C(=O)NCC(=O)c1ccc(O)c(C(F)(F)F)c1. The van der Waals surface area contributed by atoms with Crippen molar-refractivity contribution in [1.29, 1.82) is 0 Å². The molecule has 0 saturated carbocycles. The van der Waals surface area contributed by atoms with E-state index in [9.17, 15) is 32.7 Å². The number of aromatic hydroxyl groups is 1. The number of amides is 2. The molecule has 178 valence electrons. The molecule has 1 aliphatic rings. The lowest BCUT2D eigenvalue weighted by Gasteiger charge is -2.39. The average Bonchev–Trinajstić information content (AvgIpc) is 2.87. The van der Waals surface area contributed by atoms with Gasteiger partial charge in [0.1, 0.15) is 22.6 Å². The summed E-state index contributed by atoms with van der Waals surface area (Å²) in [4.78, 5) is 39.2. The fraction of sp³-hybridized carbons (Fsp3) is 0.571. The predicted octanol–water partition coefficient (Wildman–Crippen LogP) is 3.47. The van der Waals surface area contributed by atoms with Crippen LogP contribution in [-0.4, -0.2) is 57.8 Å². The van der Waals surface area contributed by atoms with E-state index < -0.39 is 58.7 Å². The lowest BCUT2D eigenvalue weighted by atomic mass is 9.99. The van der Waals surface area contributed by atoms with Crippen LogP contribution in [0, 0.1) is 0 Å². The number of rotatable bonds is 4. The molecule has 1 aromatic rings. The third-order valence-electron chi connectivity index (χ3n) is 4.84. The lowest BCUT2D eigenvalue weighted by molar-refractivity contribution is -0.138. The molecule has 0 aromatic heterocycles. The van der Waals surface area contributed by atoms with Crippen LogP contribution in [0.25, 0.3) is 0 Å². The van der Waals surface area contributed by atoms with Crippen LogP contribution in [0.15, 0.2) is 18.2 Å². The molecule has 0 bridgehead atoms. The highest BCUT2D eigenvalue weighted by Crippen LogP contribution is 2.37. The molecule has 2 rings (SSSR count). The number of hydrogen-bond acceptors (Lipinski definition) is 6. The van der Waals surface area contributed by atoms with E-state index >= 15 is 0 Å². The van der Waals surface area contributed by atoms with Gasteiger partial charge < -0.3 is 19.9 Å². The van der Waals surface area contributed by atoms with Gasteiger partial charge in [0.15, 0.2) is 5.78 Å². The van der Waals surface area contributed by atoms with Crippen LogP contribution < -0.4 is 5.32 Å². The van der Waals surface area contributed by atoms with Crippen molar-refractivity contribution in [3.8, 4) is 5.75 Å². The van der Waals surface area contributed by atoms with Gasteiger partial charge in [-0.05, 0) is 59.7 Å². The number of ether oxygens (including phenoxy) is 2. The van der Waals surface area contributed by atoms with Gasteiger partial charge in [-0.25, -0.2) is 4.79 Å². The third kappa shape index (κ3) is 5.32. The summed E-state index contributed by atoms with van der Waals surface area (Å²) in [5.41, 5.74) is -5.25. The number of phenolic OH excluding ortho intramolecular Hbond substituents is 1. The standard InChI is InChI=1S/C21H27F3N2O6/c1-18(2,3)32-17(30)26-19(4,5)31-11-20(26,6)16(29)25-10-15(28)12-7-8-14(27)13(9-12)21(22,23)24/h7-9,27H,10-11H2,1-6H3,(H,25,29)/t20-/m0/s1. The van der Waals surface area contributed by atoms with Crippen molar-refractivity contribution in [3.63, 3.8) is 0 Å². The molecule has 1 atom stereocenters. The topological polar surface area (TPSA) is 105 Å². The molecule has 8 nitrogen and oxygen atoms in total. The summed E-state index contributed by atoms with van der Waals surface area (Å²) in [6.07, 6.45) is -5.64. The first-order valence-corrected chi connectivity index (χ1v) is 9.77. The number of hydrogen-bond donors (Lipinski definition) is 2. The zero-order valence-electron chi connectivity index (χ0n) is 18.7. The summed E-state index contributed by atoms with van der Waals surface area (Å²) in [5, 5.41) is 11.8. The summed E-state index contributed by atoms with van der Waals surface area (Å²) in [6.45, 7) is 8.78. The van der Waals surface area contributed by atoms with Crippen LogP contribution in [-0.2, 0) is 20.4 Å². The molecule has 1 heterocycles. The Morgan fingerprint density at radius 3 is 2.31 bits per heavy atom. The molecule has 1 aliphatic heterocycles. The molecule has 32 heavy (non-hydrogen) atoms. The van der Waals surface area contributed by atoms with Gasteiger partial charge in [0.25, 0.3) is 0 Å². The monoisotopic (exact) mass is 460 g/mol. The van der Waals surface area contributed by atoms with Crippen molar-refractivity contribution in [1.82, 2.24) is 10.2 Å². The quantitative estimate of drug-likeness (QED) is 0.667. The van der Waals surface area contributed by atoms with Gasteiger partial charge in [0, 0.05) is 5.56 Å². The number of phenols is 1. The molecular weight excluding hydrogens is 433 g/mol. The van der Waals surface area contributed by atoms with Crippen molar-refractivity contribution in [2.75, 3.05) is 13.2 Å². The number of carbonyl (C=O) groups excluding carboxylic acids is 3. The molecule has 11 heteroatoms. The molecule has 0 spiro atoms. The molecule has 0 unspecified atom stereocenters. The van der Waals surface area contributed by atoms with E-state index in [2.05, 4.69) is 5.32 Å². The first kappa shape index (κ1) is 25.4. The largest absolute Gasteiger partial charge is 0.507 e. The van der Waals surface area contributed by atoms with Crippen molar-refractivity contribution in [2.45, 2.75) is 64.6 Å². The second kappa shape index (κ2) is 8.27. The van der Waals surface area contributed by atoms with E-state index in [1.165, 1.54) is 6.92 Å². The zero-order valence-corrected chi connectivity index (χ0v) is 18.7. The minimum atomic E-state index is -4.85. The number of carbonyl (C=O) groups is 3. The minimum Gasteiger partial charge on any atom is -0.507 e. The zero-order chi connectivity index (χ0) is 24.7. The Bertz CT molecular complexity index is 923. The second-order valence-electron chi connectivity index (χ2n) is 9.16. The Labute approximate surface area is 183 Å². The Hall–Kier alpha value is -2.82. The second-order valence-corrected chi connectivity index (χ2v) is 9.16. The molecule has 1 fully saturated rings. The van der Waals surface area contributed by atoms with Gasteiger partial charge >= 0.3 is 12.3 Å². The third-order valence-corrected chi connectivity index (χ3v) is 4.84. The van der Waals surface area contributed by atoms with Crippen LogP contribution in [0.1, 0.15) is 57.5 Å². The van der Waals surface area contributed by atoms with Crippen molar-refractivity contribution in [3.05, 3.63) is 29.3 Å². The number of nitrogens with one attached hydrogen (secondary N) is 1. The summed E-state index contributed by atoms with van der Waals surface area (Å²) in [5.74, 6) is -2.56. The van der Waals surface area contributed by atoms with E-state index in [4.69, 9.17) is 9.47 Å². The van der Waals surface area contributed by atoms with Crippen LogP contribution >= 0.6 is 0 Å². The van der Waals surface area contributed by atoms with E-state index in [0.717, 1.165) is 17.0 Å². The van der Waals surface area contributed by atoms with E-state index in [1.807, 2.05) is 0 Å². The highest BCUT2D eigenvalue weighted by atomic mass is 19.4. The number of alkyl halides is 3. The van der Waals surface area contributed by atoms with Crippen molar-refractivity contribution in [2.24, 2.45) is 0 Å². The molecular formula is C21H27F3N2O6. The number of ketones is 1. The first-order chi connectivity index (χ1) is 14.4. The molecule has 2 amide bonds. The van der Waals surface area contributed by atoms with Gasteiger partial charge in [0.05, 0.1) is 18.7 Å². The highest BCUT2D eigenvalue weighted by molar-refractivity contribution is 6.01.